The van der Waals surface area contributed by atoms with Crippen molar-refractivity contribution < 1.29 is 9.53 Å². The molecule has 0 aliphatic carbocycles. The van der Waals surface area contributed by atoms with E-state index in [4.69, 9.17) is 9.72 Å². The van der Waals surface area contributed by atoms with E-state index in [0.29, 0.717) is 18.7 Å². The molecule has 6 nitrogen and oxygen atoms in total. The van der Waals surface area contributed by atoms with Gasteiger partial charge in [0.05, 0.1) is 5.69 Å². The number of nitrogens with one attached hydrogen (secondary N) is 1. The summed E-state index contributed by atoms with van der Waals surface area (Å²) in [4.78, 5) is 23.1. The highest BCUT2D eigenvalue weighted by Gasteiger charge is 2.43. The van der Waals surface area contributed by atoms with Crippen molar-refractivity contribution in [3.8, 4) is 0 Å². The van der Waals surface area contributed by atoms with Gasteiger partial charge in [0.1, 0.15) is 6.61 Å². The lowest BCUT2D eigenvalue weighted by molar-refractivity contribution is 0.0881. The fraction of sp³-hybridized carbons (Fsp3) is 0.474. The molecule has 0 saturated carbocycles. The summed E-state index contributed by atoms with van der Waals surface area (Å²) < 4.78 is 5.53. The smallest absolute Gasteiger partial charge is 0.410 e. The highest BCUT2D eigenvalue weighted by molar-refractivity contribution is 7.15. The molecule has 136 valence electrons. The minimum Gasteiger partial charge on any atom is -0.445 e. The van der Waals surface area contributed by atoms with Crippen LogP contribution in [0.5, 0.6) is 0 Å². The summed E-state index contributed by atoms with van der Waals surface area (Å²) in [5.74, 6) is 0. The Labute approximate surface area is 156 Å². The largest absolute Gasteiger partial charge is 0.445 e. The van der Waals surface area contributed by atoms with Crippen LogP contribution in [-0.2, 0) is 24.4 Å². The zero-order chi connectivity index (χ0) is 17.5. The maximum atomic E-state index is 12.5. The van der Waals surface area contributed by atoms with E-state index in [2.05, 4.69) is 10.2 Å². The molecule has 1 N–H and O–H groups in total. The van der Waals surface area contributed by atoms with Crippen molar-refractivity contribution in [2.24, 2.45) is 0 Å². The average Bonchev–Trinajstić information content (AvgIpc) is 3.32. The Morgan fingerprint density at radius 1 is 1.19 bits per heavy atom. The van der Waals surface area contributed by atoms with Gasteiger partial charge in [-0.3, -0.25) is 0 Å². The van der Waals surface area contributed by atoms with Crippen LogP contribution in [0.1, 0.15) is 29.0 Å². The fourth-order valence-corrected chi connectivity index (χ4v) is 5.42. The topological polar surface area (TPSA) is 57.7 Å². The molecule has 1 aromatic heterocycles. The van der Waals surface area contributed by atoms with Gasteiger partial charge in [-0.05, 0) is 18.4 Å². The number of rotatable bonds is 3. The number of benzene rings is 1. The van der Waals surface area contributed by atoms with Gasteiger partial charge in [0.15, 0.2) is 5.13 Å². The van der Waals surface area contributed by atoms with E-state index in [-0.39, 0.29) is 6.09 Å². The van der Waals surface area contributed by atoms with E-state index in [1.807, 2.05) is 46.6 Å². The molecule has 0 spiro atoms. The first-order valence-corrected chi connectivity index (χ1v) is 10.0. The number of anilines is 1. The molecule has 3 aliphatic rings. The van der Waals surface area contributed by atoms with Gasteiger partial charge >= 0.3 is 6.09 Å². The summed E-state index contributed by atoms with van der Waals surface area (Å²) in [6.45, 7) is 3.61. The van der Waals surface area contributed by atoms with Gasteiger partial charge in [0, 0.05) is 43.1 Å². The van der Waals surface area contributed by atoms with Gasteiger partial charge in [-0.1, -0.05) is 30.3 Å². The maximum Gasteiger partial charge on any atom is 0.410 e. The third kappa shape index (κ3) is 2.85. The molecule has 0 radical (unpaired) electrons. The molecule has 2 atom stereocenters. The highest BCUT2D eigenvalue weighted by atomic mass is 32.1. The molecule has 4 heterocycles. The van der Waals surface area contributed by atoms with Crippen molar-refractivity contribution in [1.82, 2.24) is 15.2 Å². The third-order valence-corrected chi connectivity index (χ3v) is 6.62. The van der Waals surface area contributed by atoms with Crippen molar-refractivity contribution in [3.63, 3.8) is 0 Å². The van der Waals surface area contributed by atoms with Crippen molar-refractivity contribution in [2.75, 3.05) is 18.0 Å². The number of ether oxygens (including phenoxy) is 1. The second-order valence-electron chi connectivity index (χ2n) is 7.21. The van der Waals surface area contributed by atoms with Crippen molar-refractivity contribution in [1.29, 1.82) is 0 Å². The van der Waals surface area contributed by atoms with E-state index < -0.39 is 0 Å². The number of fused-ring (bicyclic) bond motifs is 3. The van der Waals surface area contributed by atoms with Gasteiger partial charge in [-0.15, -0.1) is 11.3 Å². The lowest BCUT2D eigenvalue weighted by Gasteiger charge is -2.40. The Morgan fingerprint density at radius 3 is 2.69 bits per heavy atom. The van der Waals surface area contributed by atoms with Crippen LogP contribution < -0.4 is 10.2 Å². The Morgan fingerprint density at radius 2 is 1.96 bits per heavy atom. The zero-order valence-electron chi connectivity index (χ0n) is 14.6. The van der Waals surface area contributed by atoms with Gasteiger partial charge < -0.3 is 19.9 Å². The van der Waals surface area contributed by atoms with Crippen molar-refractivity contribution in [2.45, 2.75) is 44.6 Å². The number of thiazole rings is 1. The number of likely N-dealkylation sites (tertiary alicyclic amines) is 1. The summed E-state index contributed by atoms with van der Waals surface area (Å²) in [6.07, 6.45) is 2.04. The highest BCUT2D eigenvalue weighted by Crippen LogP contribution is 2.39. The molecule has 3 aliphatic heterocycles. The molecule has 5 rings (SSSR count). The van der Waals surface area contributed by atoms with E-state index in [1.54, 1.807) is 0 Å². The summed E-state index contributed by atoms with van der Waals surface area (Å²) in [5.41, 5.74) is 2.22. The molecular weight excluding hydrogens is 348 g/mol. The number of hydrogen-bond donors (Lipinski definition) is 1. The number of amides is 1. The van der Waals surface area contributed by atoms with Gasteiger partial charge in [-0.25, -0.2) is 9.78 Å². The molecule has 2 saturated heterocycles. The normalized spacial score (nSPS) is 24.0. The van der Waals surface area contributed by atoms with Crippen LogP contribution in [0.3, 0.4) is 0 Å². The molecule has 2 fully saturated rings. The molecule has 2 aromatic rings. The van der Waals surface area contributed by atoms with E-state index >= 15 is 0 Å². The van der Waals surface area contributed by atoms with Crippen LogP contribution in [0.2, 0.25) is 0 Å². The zero-order valence-corrected chi connectivity index (χ0v) is 15.4. The minimum absolute atomic E-state index is 0.198. The van der Waals surface area contributed by atoms with Gasteiger partial charge in [0.25, 0.3) is 0 Å². The number of carbonyl (C=O) groups is 1. The first kappa shape index (κ1) is 16.1. The summed E-state index contributed by atoms with van der Waals surface area (Å²) in [5, 5.41) is 4.49. The third-order valence-electron chi connectivity index (χ3n) is 5.51. The van der Waals surface area contributed by atoms with Crippen LogP contribution in [0.15, 0.2) is 30.3 Å². The monoisotopic (exact) mass is 370 g/mol. The van der Waals surface area contributed by atoms with Gasteiger partial charge in [-0.2, -0.15) is 0 Å². The number of carbonyl (C=O) groups excluding carboxylic acids is 1. The lowest BCUT2D eigenvalue weighted by Crippen LogP contribution is -2.55. The van der Waals surface area contributed by atoms with E-state index in [0.717, 1.165) is 49.7 Å². The average molecular weight is 370 g/mol. The molecule has 26 heavy (non-hydrogen) atoms. The van der Waals surface area contributed by atoms with Crippen LogP contribution in [0.25, 0.3) is 0 Å². The fourth-order valence-electron chi connectivity index (χ4n) is 4.23. The van der Waals surface area contributed by atoms with E-state index in [9.17, 15) is 4.79 Å². The molecule has 7 heteroatoms. The summed E-state index contributed by atoms with van der Waals surface area (Å²) >= 11 is 1.81. The summed E-state index contributed by atoms with van der Waals surface area (Å²) in [7, 11) is 0. The van der Waals surface area contributed by atoms with Crippen molar-refractivity contribution in [3.05, 3.63) is 46.5 Å². The van der Waals surface area contributed by atoms with Crippen LogP contribution in [0, 0.1) is 0 Å². The van der Waals surface area contributed by atoms with Crippen LogP contribution in [0.4, 0.5) is 9.93 Å². The Hall–Kier alpha value is -2.12. The maximum absolute atomic E-state index is 12.5. The number of hydrogen-bond acceptors (Lipinski definition) is 6. The number of aromatic nitrogens is 1. The quantitative estimate of drug-likeness (QED) is 0.900. The minimum atomic E-state index is -0.198. The van der Waals surface area contributed by atoms with Gasteiger partial charge in [0.2, 0.25) is 0 Å². The Kier molecular flexibility index (Phi) is 4.05. The first-order chi connectivity index (χ1) is 12.8. The van der Waals surface area contributed by atoms with Crippen molar-refractivity contribution >= 4 is 22.6 Å². The number of piperazine rings is 1. The van der Waals surface area contributed by atoms with Crippen LogP contribution in [-0.4, -0.2) is 41.2 Å². The SMILES string of the molecule is O=C(OCc1ccccc1)N1CC2CCC(C1)N2c1nc2c(s1)CNC2. The molecule has 2 unspecified atom stereocenters. The molecular formula is C19H22N4O2S. The predicted octanol–water partition coefficient (Wildman–Crippen LogP) is 2.74. The number of nitrogens with zero attached hydrogens (tertiary/aromatic N) is 3. The Bertz CT molecular complexity index is 774. The summed E-state index contributed by atoms with van der Waals surface area (Å²) in [6, 6.07) is 10.6. The second kappa shape index (κ2) is 6.55. The second-order valence-corrected chi connectivity index (χ2v) is 8.27. The van der Waals surface area contributed by atoms with Crippen LogP contribution >= 0.6 is 11.3 Å². The van der Waals surface area contributed by atoms with E-state index in [1.165, 1.54) is 10.6 Å². The standard InChI is InChI=1S/C19H22N4O2S/c24-19(25-12-13-4-2-1-3-5-13)22-10-14-6-7-15(11-22)23(14)18-21-16-8-20-9-17(16)26-18/h1-5,14-15,20H,6-12H2. The Balaban J connectivity index is 1.24. The first-order valence-electron chi connectivity index (χ1n) is 9.21. The molecule has 1 aromatic carbocycles. The molecule has 1 amide bonds. The predicted molar refractivity (Wildman–Crippen MR) is 100 cm³/mol. The molecule has 2 bridgehead atoms. The lowest BCUT2D eigenvalue weighted by atomic mass is 10.2.